The van der Waals surface area contributed by atoms with Crippen LogP contribution < -0.4 is 11.5 Å². The Balaban J connectivity index is 0. The van der Waals surface area contributed by atoms with E-state index < -0.39 is 10.4 Å². The van der Waals surface area contributed by atoms with E-state index in [9.17, 15) is 0 Å². The van der Waals surface area contributed by atoms with Crippen LogP contribution in [0, 0.1) is 0 Å². The van der Waals surface area contributed by atoms with E-state index in [2.05, 4.69) is 0 Å². The van der Waals surface area contributed by atoms with Crippen LogP contribution in [0.5, 0.6) is 0 Å². The molecule has 88 valence electrons. The molecule has 7 heteroatoms. The summed E-state index contributed by atoms with van der Waals surface area (Å²) >= 11 is 0. The largest absolute Gasteiger partial charge is 0.394 e. The van der Waals surface area contributed by atoms with Gasteiger partial charge in [-0.25, -0.2) is 0 Å². The summed E-state index contributed by atoms with van der Waals surface area (Å²) in [6, 6.07) is 0.674. The van der Waals surface area contributed by atoms with Crippen molar-refractivity contribution in [2.45, 2.75) is 45.2 Å². The molecule has 0 aromatic carbocycles. The van der Waals surface area contributed by atoms with Crippen LogP contribution in [0.15, 0.2) is 0 Å². The highest BCUT2D eigenvalue weighted by Crippen LogP contribution is 1.99. The molecule has 0 aliphatic heterocycles. The van der Waals surface area contributed by atoms with E-state index in [1.165, 1.54) is 0 Å². The minimum absolute atomic E-state index is 0.337. The van der Waals surface area contributed by atoms with Gasteiger partial charge in [0.25, 0.3) is 0 Å². The molecule has 0 spiro atoms. The molecule has 0 aromatic rings. The van der Waals surface area contributed by atoms with Gasteiger partial charge in [-0.3, -0.25) is 9.11 Å². The second kappa shape index (κ2) is 8.13. The van der Waals surface area contributed by atoms with Gasteiger partial charge in [-0.2, -0.15) is 8.42 Å². The molecular weight excluding hydrogens is 208 g/mol. The maximum Gasteiger partial charge on any atom is 0.394 e. The van der Waals surface area contributed by atoms with Gasteiger partial charge in [0.15, 0.2) is 0 Å². The zero-order valence-electron chi connectivity index (χ0n) is 8.55. The molecule has 0 bridgehead atoms. The minimum atomic E-state index is -4.67. The topological polar surface area (TPSA) is 127 Å². The first-order valence-electron chi connectivity index (χ1n) is 4.34. The van der Waals surface area contributed by atoms with Crippen molar-refractivity contribution < 1.29 is 17.5 Å². The highest BCUT2D eigenvalue weighted by atomic mass is 32.3. The zero-order chi connectivity index (χ0) is 11.8. The van der Waals surface area contributed by atoms with Gasteiger partial charge in [-0.1, -0.05) is 6.42 Å². The lowest BCUT2D eigenvalue weighted by Gasteiger charge is -2.05. The molecule has 0 heterocycles. The maximum atomic E-state index is 8.74. The van der Waals surface area contributed by atoms with Crippen LogP contribution in [0.1, 0.15) is 33.1 Å². The smallest absolute Gasteiger partial charge is 0.328 e. The molecule has 0 fully saturated rings. The van der Waals surface area contributed by atoms with Crippen LogP contribution in [0.4, 0.5) is 0 Å². The average Bonchev–Trinajstić information content (AvgIpc) is 1.80. The minimum Gasteiger partial charge on any atom is -0.328 e. The molecule has 2 atom stereocenters. The fourth-order valence-corrected chi connectivity index (χ4v) is 0.762. The Labute approximate surface area is 85.2 Å². The molecule has 0 aliphatic rings. The molecule has 0 radical (unpaired) electrons. The predicted octanol–water partition coefficient (Wildman–Crippen LogP) is 0.198. The second-order valence-corrected chi connectivity index (χ2v) is 4.23. The van der Waals surface area contributed by atoms with Crippen LogP contribution in [-0.2, 0) is 10.4 Å². The molecule has 14 heavy (non-hydrogen) atoms. The lowest BCUT2D eigenvalue weighted by Crippen LogP contribution is -2.18. The highest BCUT2D eigenvalue weighted by Gasteiger charge is 1.96. The fraction of sp³-hybridized carbons (Fsp3) is 1.00. The summed E-state index contributed by atoms with van der Waals surface area (Å²) in [4.78, 5) is 0. The van der Waals surface area contributed by atoms with Gasteiger partial charge in [0, 0.05) is 12.1 Å². The van der Waals surface area contributed by atoms with E-state index in [0.717, 1.165) is 19.3 Å². The highest BCUT2D eigenvalue weighted by molar-refractivity contribution is 7.79. The third-order valence-electron chi connectivity index (χ3n) is 1.32. The van der Waals surface area contributed by atoms with Gasteiger partial charge >= 0.3 is 10.4 Å². The van der Waals surface area contributed by atoms with Crippen molar-refractivity contribution in [3.63, 3.8) is 0 Å². The summed E-state index contributed by atoms with van der Waals surface area (Å²) in [5.41, 5.74) is 11.1. The van der Waals surface area contributed by atoms with Gasteiger partial charge in [0.05, 0.1) is 0 Å². The molecule has 0 rings (SSSR count). The molecule has 6 N–H and O–H groups in total. The van der Waals surface area contributed by atoms with E-state index in [1.54, 1.807) is 0 Å². The quantitative estimate of drug-likeness (QED) is 0.509. The zero-order valence-corrected chi connectivity index (χ0v) is 9.37. The van der Waals surface area contributed by atoms with Crippen LogP contribution in [0.25, 0.3) is 0 Å². The first-order chi connectivity index (χ1) is 6.13. The summed E-state index contributed by atoms with van der Waals surface area (Å²) < 4.78 is 31.6. The molecule has 0 aliphatic carbocycles. The monoisotopic (exact) mass is 228 g/mol. The Morgan fingerprint density at radius 2 is 1.29 bits per heavy atom. The van der Waals surface area contributed by atoms with Crippen LogP contribution in [-0.4, -0.2) is 29.6 Å². The molecule has 0 aromatic heterocycles. The van der Waals surface area contributed by atoms with E-state index in [-0.39, 0.29) is 0 Å². The third kappa shape index (κ3) is 40.9. The van der Waals surface area contributed by atoms with E-state index in [1.807, 2.05) is 13.8 Å². The van der Waals surface area contributed by atoms with Crippen LogP contribution in [0.3, 0.4) is 0 Å². The van der Waals surface area contributed by atoms with Crippen molar-refractivity contribution in [1.29, 1.82) is 0 Å². The Morgan fingerprint density at radius 1 is 1.07 bits per heavy atom. The summed E-state index contributed by atoms with van der Waals surface area (Å²) in [5.74, 6) is 0. The van der Waals surface area contributed by atoms with Gasteiger partial charge < -0.3 is 11.5 Å². The summed E-state index contributed by atoms with van der Waals surface area (Å²) in [6.45, 7) is 4.06. The van der Waals surface area contributed by atoms with Crippen molar-refractivity contribution >= 4 is 10.4 Å². The van der Waals surface area contributed by atoms with Gasteiger partial charge in [0.1, 0.15) is 0 Å². The Morgan fingerprint density at radius 3 is 1.43 bits per heavy atom. The Hall–Kier alpha value is -0.210. The Kier molecular flexibility index (Phi) is 9.42. The standard InChI is InChI=1S/C7H18N2.H2O4S/c1-6(8)4-3-5-7(2)9;1-5(2,3)4/h6-7H,3-5,8-9H2,1-2H3;(H2,1,2,3,4). The average molecular weight is 228 g/mol. The van der Waals surface area contributed by atoms with Crippen LogP contribution in [0.2, 0.25) is 0 Å². The summed E-state index contributed by atoms with van der Waals surface area (Å²) in [7, 11) is -4.67. The predicted molar refractivity (Wildman–Crippen MR) is 55.3 cm³/mol. The maximum absolute atomic E-state index is 8.74. The Bertz CT molecular complexity index is 198. The van der Waals surface area contributed by atoms with Gasteiger partial charge in [-0.15, -0.1) is 0 Å². The van der Waals surface area contributed by atoms with Crippen LogP contribution >= 0.6 is 0 Å². The number of hydrogen-bond donors (Lipinski definition) is 4. The third-order valence-corrected chi connectivity index (χ3v) is 1.32. The molecular formula is C7H20N2O4S. The molecule has 0 saturated heterocycles. The van der Waals surface area contributed by atoms with Crippen molar-refractivity contribution in [3.05, 3.63) is 0 Å². The van der Waals surface area contributed by atoms with Gasteiger partial charge in [-0.05, 0) is 26.7 Å². The van der Waals surface area contributed by atoms with E-state index >= 15 is 0 Å². The number of rotatable bonds is 4. The first kappa shape index (κ1) is 16.2. The summed E-state index contributed by atoms with van der Waals surface area (Å²) in [6.07, 6.45) is 3.36. The SMILES string of the molecule is CC(N)CCCC(C)N.O=S(=O)(O)O. The molecule has 0 saturated carbocycles. The lowest BCUT2D eigenvalue weighted by molar-refractivity contribution is 0.381. The van der Waals surface area contributed by atoms with E-state index in [0.29, 0.717) is 12.1 Å². The van der Waals surface area contributed by atoms with Crippen molar-refractivity contribution in [3.8, 4) is 0 Å². The van der Waals surface area contributed by atoms with Gasteiger partial charge in [0.2, 0.25) is 0 Å². The first-order valence-corrected chi connectivity index (χ1v) is 5.73. The lowest BCUT2D eigenvalue weighted by atomic mass is 10.1. The number of nitrogens with two attached hydrogens (primary N) is 2. The molecule has 6 nitrogen and oxygen atoms in total. The molecule has 2 unspecified atom stereocenters. The normalized spacial score (nSPS) is 15.3. The number of hydrogen-bond acceptors (Lipinski definition) is 4. The van der Waals surface area contributed by atoms with Crippen molar-refractivity contribution in [1.82, 2.24) is 0 Å². The van der Waals surface area contributed by atoms with E-state index in [4.69, 9.17) is 29.0 Å². The fourth-order valence-electron chi connectivity index (χ4n) is 0.762. The molecule has 0 amide bonds. The van der Waals surface area contributed by atoms with Crippen molar-refractivity contribution in [2.24, 2.45) is 11.5 Å². The van der Waals surface area contributed by atoms with Crippen molar-refractivity contribution in [2.75, 3.05) is 0 Å². The second-order valence-electron chi connectivity index (χ2n) is 3.33. The summed E-state index contributed by atoms with van der Waals surface area (Å²) in [5, 5.41) is 0.